The number of aromatic nitrogens is 3. The zero-order chi connectivity index (χ0) is 31.8. The standard InChI is InChI=1S/C35H35N5O6/c1-21-12-23(13-27-20-37-39-30(21)27)15-29-32(41)40(2)7-9-45-11-10-44-8-3-4-22-14-28-31(36-19-22)38-34(43)35(28)17-25-6-5-24(33(42)46-29)16-26(25)18-35/h3-6,12-14,16,19-20,29H,7-11,15,17-18H2,1-2H3,(H,37,39)(H,36,38,43)/b4-3+/t29-,35+/m1/s1. The van der Waals surface area contributed by atoms with Crippen LogP contribution in [0.3, 0.4) is 0 Å². The monoisotopic (exact) mass is 621 g/mol. The van der Waals surface area contributed by atoms with Gasteiger partial charge in [-0.15, -0.1) is 0 Å². The molecule has 2 aromatic carbocycles. The van der Waals surface area contributed by atoms with Gasteiger partial charge in [-0.2, -0.15) is 5.10 Å². The first-order valence-corrected chi connectivity index (χ1v) is 15.4. The molecule has 1 aliphatic carbocycles. The number of hydrogen-bond acceptors (Lipinski definition) is 8. The van der Waals surface area contributed by atoms with Gasteiger partial charge in [-0.05, 0) is 71.8 Å². The molecule has 2 atom stereocenters. The predicted molar refractivity (Wildman–Crippen MR) is 170 cm³/mol. The number of nitrogens with one attached hydrogen (secondary N) is 2. The second-order valence-corrected chi connectivity index (χ2v) is 12.2. The second-order valence-electron chi connectivity index (χ2n) is 12.2. The van der Waals surface area contributed by atoms with E-state index < -0.39 is 17.5 Å². The van der Waals surface area contributed by atoms with E-state index in [2.05, 4.69) is 20.5 Å². The number of ether oxygens (including phenoxy) is 3. The third-order valence-corrected chi connectivity index (χ3v) is 9.11. The van der Waals surface area contributed by atoms with Crippen LogP contribution in [0.2, 0.25) is 0 Å². The topological polar surface area (TPSA) is 136 Å². The average Bonchev–Trinajstić information content (AvgIpc) is 3.75. The summed E-state index contributed by atoms with van der Waals surface area (Å²) in [5, 5.41) is 11.0. The maximum Gasteiger partial charge on any atom is 0.338 e. The lowest BCUT2D eigenvalue weighted by Crippen LogP contribution is -2.42. The normalized spacial score (nSPS) is 22.8. The predicted octanol–water partition coefficient (Wildman–Crippen LogP) is 3.54. The fourth-order valence-electron chi connectivity index (χ4n) is 6.67. The summed E-state index contributed by atoms with van der Waals surface area (Å²) in [6.45, 7) is 3.75. The summed E-state index contributed by atoms with van der Waals surface area (Å²) in [6.07, 6.45) is 7.36. The number of esters is 1. The van der Waals surface area contributed by atoms with Crippen LogP contribution in [0.5, 0.6) is 0 Å². The zero-order valence-corrected chi connectivity index (χ0v) is 25.8. The first kappa shape index (κ1) is 29.8. The summed E-state index contributed by atoms with van der Waals surface area (Å²) in [4.78, 5) is 46.9. The van der Waals surface area contributed by atoms with E-state index in [0.29, 0.717) is 57.2 Å². The number of aromatic amines is 1. The largest absolute Gasteiger partial charge is 0.448 e. The highest BCUT2D eigenvalue weighted by molar-refractivity contribution is 6.06. The van der Waals surface area contributed by atoms with Crippen molar-refractivity contribution in [2.45, 2.75) is 37.7 Å². The van der Waals surface area contributed by atoms with Crippen molar-refractivity contribution < 1.29 is 28.6 Å². The molecule has 0 saturated heterocycles. The van der Waals surface area contributed by atoms with Gasteiger partial charge in [-0.3, -0.25) is 14.7 Å². The Labute approximate surface area is 265 Å². The fourth-order valence-corrected chi connectivity index (χ4v) is 6.67. The molecule has 0 radical (unpaired) electrons. The van der Waals surface area contributed by atoms with E-state index in [9.17, 15) is 14.4 Å². The van der Waals surface area contributed by atoms with Gasteiger partial charge >= 0.3 is 5.97 Å². The van der Waals surface area contributed by atoms with Crippen molar-refractivity contribution in [3.8, 4) is 0 Å². The van der Waals surface area contributed by atoms with Crippen LogP contribution in [0.15, 0.2) is 54.9 Å². The van der Waals surface area contributed by atoms with Crippen LogP contribution in [-0.4, -0.2) is 84.0 Å². The van der Waals surface area contributed by atoms with E-state index in [1.54, 1.807) is 31.6 Å². The maximum absolute atomic E-state index is 13.7. The number of carbonyl (C=O) groups excluding carboxylic acids is 3. The van der Waals surface area contributed by atoms with Crippen LogP contribution in [0.4, 0.5) is 5.82 Å². The minimum Gasteiger partial charge on any atom is -0.448 e. The number of likely N-dealkylation sites (N-methyl/N-ethyl adjacent to an activating group) is 1. The van der Waals surface area contributed by atoms with E-state index in [-0.39, 0.29) is 18.2 Å². The molecule has 5 bridgehead atoms. The maximum atomic E-state index is 13.7. The van der Waals surface area contributed by atoms with Crippen LogP contribution >= 0.6 is 0 Å². The van der Waals surface area contributed by atoms with Gasteiger partial charge in [0.15, 0.2) is 6.10 Å². The Kier molecular flexibility index (Phi) is 7.87. The van der Waals surface area contributed by atoms with Crippen molar-refractivity contribution in [3.05, 3.63) is 93.8 Å². The minimum atomic E-state index is -1.06. The van der Waals surface area contributed by atoms with Crippen molar-refractivity contribution in [1.29, 1.82) is 0 Å². The van der Waals surface area contributed by atoms with E-state index in [4.69, 9.17) is 14.2 Å². The number of pyridine rings is 1. The molecule has 2 aliphatic heterocycles. The molecule has 0 unspecified atom stereocenters. The van der Waals surface area contributed by atoms with E-state index in [1.165, 1.54) is 4.90 Å². The highest BCUT2D eigenvalue weighted by Gasteiger charge is 2.51. The third kappa shape index (κ3) is 5.56. The zero-order valence-electron chi connectivity index (χ0n) is 25.8. The fraction of sp³-hybridized carbons (Fsp3) is 0.343. The Morgan fingerprint density at radius 2 is 1.85 bits per heavy atom. The van der Waals surface area contributed by atoms with Crippen LogP contribution in [-0.2, 0) is 48.5 Å². The van der Waals surface area contributed by atoms with Crippen LogP contribution in [0.25, 0.3) is 17.0 Å². The molecular weight excluding hydrogens is 586 g/mol. The first-order chi connectivity index (χ1) is 22.3. The third-order valence-electron chi connectivity index (χ3n) is 9.11. The highest BCUT2D eigenvalue weighted by Crippen LogP contribution is 2.47. The van der Waals surface area contributed by atoms with Crippen LogP contribution < -0.4 is 5.32 Å². The molecule has 7 rings (SSSR count). The molecule has 4 aromatic rings. The van der Waals surface area contributed by atoms with Crippen LogP contribution in [0.1, 0.15) is 43.7 Å². The lowest BCUT2D eigenvalue weighted by molar-refractivity contribution is -0.140. The van der Waals surface area contributed by atoms with Gasteiger partial charge in [0.1, 0.15) is 5.82 Å². The van der Waals surface area contributed by atoms with Gasteiger partial charge < -0.3 is 24.4 Å². The molecule has 4 heterocycles. The second kappa shape index (κ2) is 12.1. The quantitative estimate of drug-likeness (QED) is 0.325. The first-order valence-electron chi connectivity index (χ1n) is 15.4. The van der Waals surface area contributed by atoms with E-state index in [0.717, 1.165) is 44.3 Å². The number of fused-ring (bicyclic) bond motifs is 3. The van der Waals surface area contributed by atoms with Crippen LogP contribution in [0, 0.1) is 6.92 Å². The highest BCUT2D eigenvalue weighted by atomic mass is 16.5. The Morgan fingerprint density at radius 3 is 2.74 bits per heavy atom. The van der Waals surface area contributed by atoms with Crippen molar-refractivity contribution in [3.63, 3.8) is 0 Å². The van der Waals surface area contributed by atoms with Gasteiger partial charge in [0.2, 0.25) is 5.91 Å². The number of hydrogen-bond donors (Lipinski definition) is 2. The summed E-state index contributed by atoms with van der Waals surface area (Å²) >= 11 is 0. The number of rotatable bonds is 2. The molecule has 236 valence electrons. The molecule has 2 aromatic heterocycles. The molecule has 0 fully saturated rings. The lowest BCUT2D eigenvalue weighted by atomic mass is 9.79. The summed E-state index contributed by atoms with van der Waals surface area (Å²) in [5.74, 6) is -0.467. The van der Waals surface area contributed by atoms with E-state index >= 15 is 0 Å². The van der Waals surface area contributed by atoms with E-state index in [1.807, 2.05) is 43.3 Å². The Balaban J connectivity index is 1.20. The number of carbonyl (C=O) groups is 3. The molecule has 2 N–H and O–H groups in total. The number of nitrogens with zero attached hydrogens (tertiary/aromatic N) is 3. The van der Waals surface area contributed by atoms with Gasteiger partial charge in [0, 0.05) is 37.2 Å². The molecule has 11 nitrogen and oxygen atoms in total. The summed E-state index contributed by atoms with van der Waals surface area (Å²) < 4.78 is 17.4. The van der Waals surface area contributed by atoms with Gasteiger partial charge in [-0.1, -0.05) is 24.3 Å². The molecule has 11 heteroatoms. The lowest BCUT2D eigenvalue weighted by Gasteiger charge is -2.24. The van der Waals surface area contributed by atoms with Gasteiger partial charge in [-0.25, -0.2) is 9.78 Å². The smallest absolute Gasteiger partial charge is 0.338 e. The Bertz CT molecular complexity index is 1880. The van der Waals surface area contributed by atoms with Crippen molar-refractivity contribution in [1.82, 2.24) is 20.1 Å². The average molecular weight is 622 g/mol. The Hall–Kier alpha value is -4.87. The number of benzene rings is 2. The number of amides is 2. The number of H-pyrrole nitrogens is 1. The van der Waals surface area contributed by atoms with Crippen molar-refractivity contribution >= 4 is 40.6 Å². The number of cyclic esters (lactones) is 1. The summed E-state index contributed by atoms with van der Waals surface area (Å²) in [6, 6.07) is 11.3. The molecule has 0 saturated carbocycles. The molecule has 46 heavy (non-hydrogen) atoms. The molecular formula is C35H35N5O6. The summed E-state index contributed by atoms with van der Waals surface area (Å²) in [5.41, 5.74) is 5.87. The molecule has 1 spiro atoms. The number of anilines is 1. The Morgan fingerprint density at radius 1 is 1.00 bits per heavy atom. The SMILES string of the molecule is Cc1cc(C[C@H]2OC(=O)c3ccc4c(c3)C[C@]3(C4)C(=O)Nc4ncc(cc43)/C=C/COCCOCCN(C)C2=O)cc2cn[nH]c12. The van der Waals surface area contributed by atoms with Gasteiger partial charge in [0.05, 0.1) is 49.1 Å². The molecule has 2 amide bonds. The minimum absolute atomic E-state index is 0.104. The van der Waals surface area contributed by atoms with Crippen molar-refractivity contribution in [2.24, 2.45) is 0 Å². The molecule has 3 aliphatic rings. The van der Waals surface area contributed by atoms with Gasteiger partial charge in [0.25, 0.3) is 5.91 Å². The summed E-state index contributed by atoms with van der Waals surface area (Å²) in [7, 11) is 1.68. The van der Waals surface area contributed by atoms with Crippen molar-refractivity contribution in [2.75, 3.05) is 45.3 Å². The number of aryl methyl sites for hydroxylation is 1.